The van der Waals surface area contributed by atoms with Gasteiger partial charge in [0.15, 0.2) is 0 Å². The molecule has 1 heterocycles. The van der Waals surface area contributed by atoms with E-state index < -0.39 is 0 Å². The van der Waals surface area contributed by atoms with Crippen LogP contribution in [-0.2, 0) is 6.61 Å². The Labute approximate surface area is 118 Å². The van der Waals surface area contributed by atoms with Gasteiger partial charge >= 0.3 is 0 Å². The van der Waals surface area contributed by atoms with Gasteiger partial charge in [0.1, 0.15) is 24.4 Å². The first kappa shape index (κ1) is 14.1. The van der Waals surface area contributed by atoms with Gasteiger partial charge in [-0.3, -0.25) is 9.78 Å². The molecular formula is C16H17NO3. The Bertz CT molecular complexity index is 623. The van der Waals surface area contributed by atoms with Gasteiger partial charge in [0, 0.05) is 22.9 Å². The van der Waals surface area contributed by atoms with Crippen molar-refractivity contribution in [3.8, 4) is 11.5 Å². The molecule has 0 aliphatic heterocycles. The Morgan fingerprint density at radius 2 is 2.10 bits per heavy atom. The molecule has 0 atom stereocenters. The standard InChI is InChI=1S/C16H17NO3/c1-11-8-17-15(12(2)16(11)19-3)10-20-14-6-4-5-13(7-14)9-18/h4-9H,10H2,1-3H3. The molecule has 0 radical (unpaired) electrons. The van der Waals surface area contributed by atoms with Crippen LogP contribution in [-0.4, -0.2) is 18.4 Å². The number of hydrogen-bond donors (Lipinski definition) is 0. The van der Waals surface area contributed by atoms with Crippen molar-refractivity contribution < 1.29 is 14.3 Å². The van der Waals surface area contributed by atoms with Crippen molar-refractivity contribution in [2.45, 2.75) is 20.5 Å². The first-order valence-electron chi connectivity index (χ1n) is 6.32. The first-order valence-corrected chi connectivity index (χ1v) is 6.32. The van der Waals surface area contributed by atoms with Crippen molar-refractivity contribution in [3.63, 3.8) is 0 Å². The average Bonchev–Trinajstić information content (AvgIpc) is 2.47. The van der Waals surface area contributed by atoms with E-state index in [0.717, 1.165) is 28.9 Å². The number of methoxy groups -OCH3 is 1. The van der Waals surface area contributed by atoms with Gasteiger partial charge in [-0.25, -0.2) is 0 Å². The van der Waals surface area contributed by atoms with E-state index in [4.69, 9.17) is 9.47 Å². The summed E-state index contributed by atoms with van der Waals surface area (Å²) in [6.07, 6.45) is 2.57. The van der Waals surface area contributed by atoms with Gasteiger partial charge in [0.2, 0.25) is 0 Å². The first-order chi connectivity index (χ1) is 9.65. The third kappa shape index (κ3) is 2.96. The Hall–Kier alpha value is -2.36. The van der Waals surface area contributed by atoms with Crippen LogP contribution in [0.1, 0.15) is 27.2 Å². The summed E-state index contributed by atoms with van der Waals surface area (Å²) in [5.74, 6) is 1.48. The molecule has 2 rings (SSSR count). The van der Waals surface area contributed by atoms with Crippen molar-refractivity contribution in [2.75, 3.05) is 7.11 Å². The molecule has 1 aromatic heterocycles. The quantitative estimate of drug-likeness (QED) is 0.784. The second-order valence-corrected chi connectivity index (χ2v) is 4.53. The predicted molar refractivity (Wildman–Crippen MR) is 76.4 cm³/mol. The molecule has 0 saturated carbocycles. The minimum Gasteiger partial charge on any atom is -0.496 e. The summed E-state index contributed by atoms with van der Waals surface area (Å²) in [7, 11) is 1.65. The number of aryl methyl sites for hydroxylation is 1. The SMILES string of the molecule is COc1c(C)cnc(COc2cccc(C=O)c2)c1C. The molecule has 0 amide bonds. The zero-order chi connectivity index (χ0) is 14.5. The van der Waals surface area contributed by atoms with Crippen molar-refractivity contribution in [1.29, 1.82) is 0 Å². The molecule has 4 nitrogen and oxygen atoms in total. The molecule has 0 spiro atoms. The van der Waals surface area contributed by atoms with Crippen LogP contribution < -0.4 is 9.47 Å². The normalized spacial score (nSPS) is 10.2. The summed E-state index contributed by atoms with van der Waals surface area (Å²) in [5.41, 5.74) is 3.38. The van der Waals surface area contributed by atoms with E-state index in [9.17, 15) is 4.79 Å². The molecule has 4 heteroatoms. The van der Waals surface area contributed by atoms with E-state index in [1.165, 1.54) is 0 Å². The van der Waals surface area contributed by atoms with Gasteiger partial charge in [0.05, 0.1) is 12.8 Å². The lowest BCUT2D eigenvalue weighted by molar-refractivity contribution is 0.112. The van der Waals surface area contributed by atoms with Crippen molar-refractivity contribution in [3.05, 3.63) is 52.8 Å². The minimum atomic E-state index is 0.338. The monoisotopic (exact) mass is 271 g/mol. The third-order valence-corrected chi connectivity index (χ3v) is 3.12. The number of aldehydes is 1. The highest BCUT2D eigenvalue weighted by molar-refractivity contribution is 5.75. The van der Waals surface area contributed by atoms with E-state index in [1.807, 2.05) is 19.9 Å². The molecule has 0 unspecified atom stereocenters. The fourth-order valence-electron chi connectivity index (χ4n) is 2.05. The molecular weight excluding hydrogens is 254 g/mol. The van der Waals surface area contributed by atoms with Crippen LogP contribution in [0.2, 0.25) is 0 Å². The number of hydrogen-bond acceptors (Lipinski definition) is 4. The van der Waals surface area contributed by atoms with Crippen LogP contribution in [0.3, 0.4) is 0 Å². The second-order valence-electron chi connectivity index (χ2n) is 4.53. The molecule has 0 aliphatic rings. The number of benzene rings is 1. The third-order valence-electron chi connectivity index (χ3n) is 3.12. The lowest BCUT2D eigenvalue weighted by Crippen LogP contribution is -2.04. The fourth-order valence-corrected chi connectivity index (χ4v) is 2.05. The molecule has 0 N–H and O–H groups in total. The van der Waals surface area contributed by atoms with E-state index in [1.54, 1.807) is 31.5 Å². The maximum Gasteiger partial charge on any atom is 0.150 e. The summed E-state index contributed by atoms with van der Waals surface area (Å²) >= 11 is 0. The van der Waals surface area contributed by atoms with Crippen LogP contribution in [0.15, 0.2) is 30.5 Å². The lowest BCUT2D eigenvalue weighted by Gasteiger charge is -2.13. The molecule has 0 bridgehead atoms. The zero-order valence-corrected chi connectivity index (χ0v) is 11.8. The van der Waals surface area contributed by atoms with Crippen LogP contribution in [0.25, 0.3) is 0 Å². The highest BCUT2D eigenvalue weighted by atomic mass is 16.5. The highest BCUT2D eigenvalue weighted by Crippen LogP contribution is 2.25. The Kier molecular flexibility index (Phi) is 4.35. The number of rotatable bonds is 5. The summed E-state index contributed by atoms with van der Waals surface area (Å²) in [6, 6.07) is 7.04. The predicted octanol–water partition coefficient (Wildman–Crippen LogP) is 3.10. The number of ether oxygens (including phenoxy) is 2. The maximum absolute atomic E-state index is 10.7. The van der Waals surface area contributed by atoms with Gasteiger partial charge in [-0.15, -0.1) is 0 Å². The number of aromatic nitrogens is 1. The summed E-state index contributed by atoms with van der Waals surface area (Å²) in [5, 5.41) is 0. The zero-order valence-electron chi connectivity index (χ0n) is 11.8. The highest BCUT2D eigenvalue weighted by Gasteiger charge is 2.10. The summed E-state index contributed by atoms with van der Waals surface area (Å²) < 4.78 is 11.0. The van der Waals surface area contributed by atoms with Gasteiger partial charge in [-0.2, -0.15) is 0 Å². The van der Waals surface area contributed by atoms with Crippen LogP contribution in [0.5, 0.6) is 11.5 Å². The van der Waals surface area contributed by atoms with Crippen LogP contribution >= 0.6 is 0 Å². The number of carbonyl (C=O) groups excluding carboxylic acids is 1. The van der Waals surface area contributed by atoms with Crippen LogP contribution in [0, 0.1) is 13.8 Å². The van der Waals surface area contributed by atoms with E-state index >= 15 is 0 Å². The maximum atomic E-state index is 10.7. The molecule has 20 heavy (non-hydrogen) atoms. The Morgan fingerprint density at radius 1 is 1.30 bits per heavy atom. The average molecular weight is 271 g/mol. The summed E-state index contributed by atoms with van der Waals surface area (Å²) in [4.78, 5) is 15.1. The molecule has 0 aliphatic carbocycles. The van der Waals surface area contributed by atoms with Crippen molar-refractivity contribution >= 4 is 6.29 Å². The molecule has 0 saturated heterocycles. The van der Waals surface area contributed by atoms with E-state index in [-0.39, 0.29) is 0 Å². The van der Waals surface area contributed by atoms with E-state index in [0.29, 0.717) is 17.9 Å². The van der Waals surface area contributed by atoms with E-state index in [2.05, 4.69) is 4.98 Å². The molecule has 2 aromatic rings. The topological polar surface area (TPSA) is 48.4 Å². The minimum absolute atomic E-state index is 0.338. The van der Waals surface area contributed by atoms with Gasteiger partial charge < -0.3 is 9.47 Å². The number of nitrogens with zero attached hydrogens (tertiary/aromatic N) is 1. The summed E-state index contributed by atoms with van der Waals surface area (Å²) in [6.45, 7) is 4.25. The van der Waals surface area contributed by atoms with Gasteiger partial charge in [-0.1, -0.05) is 12.1 Å². The fraction of sp³-hybridized carbons (Fsp3) is 0.250. The van der Waals surface area contributed by atoms with Gasteiger partial charge in [-0.05, 0) is 26.0 Å². The number of pyridine rings is 1. The van der Waals surface area contributed by atoms with Gasteiger partial charge in [0.25, 0.3) is 0 Å². The van der Waals surface area contributed by atoms with Crippen molar-refractivity contribution in [2.24, 2.45) is 0 Å². The molecule has 104 valence electrons. The largest absolute Gasteiger partial charge is 0.496 e. The van der Waals surface area contributed by atoms with Crippen molar-refractivity contribution in [1.82, 2.24) is 4.98 Å². The molecule has 1 aromatic carbocycles. The smallest absolute Gasteiger partial charge is 0.150 e. The second kappa shape index (κ2) is 6.19. The molecule has 0 fully saturated rings. The number of carbonyl (C=O) groups is 1. The Balaban J connectivity index is 2.16. The lowest BCUT2D eigenvalue weighted by atomic mass is 10.1. The Morgan fingerprint density at radius 3 is 2.80 bits per heavy atom. The van der Waals surface area contributed by atoms with Crippen LogP contribution in [0.4, 0.5) is 0 Å².